The van der Waals surface area contributed by atoms with Crippen LogP contribution in [-0.2, 0) is 9.47 Å². The van der Waals surface area contributed by atoms with Crippen LogP contribution in [-0.4, -0.2) is 28.4 Å². The summed E-state index contributed by atoms with van der Waals surface area (Å²) in [5.74, 6) is 0.304. The minimum atomic E-state index is -0.755. The number of amides is 2. The van der Waals surface area contributed by atoms with Gasteiger partial charge in [0, 0.05) is 5.69 Å². The molecule has 0 spiro atoms. The van der Waals surface area contributed by atoms with Crippen molar-refractivity contribution in [2.24, 2.45) is 0 Å². The number of hydrogen-bond acceptors (Lipinski definition) is 5. The van der Waals surface area contributed by atoms with Crippen LogP contribution >= 0.6 is 0 Å². The lowest BCUT2D eigenvalue weighted by molar-refractivity contribution is 0.0425. The van der Waals surface area contributed by atoms with Crippen LogP contribution in [0, 0.1) is 0 Å². The zero-order valence-electron chi connectivity index (χ0n) is 17.0. The van der Waals surface area contributed by atoms with E-state index >= 15 is 0 Å². The normalized spacial score (nSPS) is 12.9. The monoisotopic (exact) mass is 365 g/mol. The number of nitrogens with zero attached hydrogens (tertiary/aromatic N) is 2. The number of pyridine rings is 1. The molecule has 7 heteroatoms. The Labute approximate surface area is 156 Å². The number of rotatable bonds is 3. The first-order valence-electron chi connectivity index (χ1n) is 8.81. The van der Waals surface area contributed by atoms with Crippen molar-refractivity contribution in [2.45, 2.75) is 78.9 Å². The van der Waals surface area contributed by atoms with Crippen molar-refractivity contribution >= 4 is 17.9 Å². The summed E-state index contributed by atoms with van der Waals surface area (Å²) < 4.78 is 10.6. The molecular weight excluding hydrogens is 334 g/mol. The fraction of sp³-hybridized carbons (Fsp3) is 0.632. The van der Waals surface area contributed by atoms with E-state index in [1.165, 1.54) is 6.20 Å². The largest absolute Gasteiger partial charge is 0.443 e. The fourth-order valence-electron chi connectivity index (χ4n) is 1.95. The molecule has 1 rings (SSSR count). The Kier molecular flexibility index (Phi) is 7.00. The Bertz CT molecular complexity index is 615. The molecule has 1 aromatic heterocycles. The summed E-state index contributed by atoms with van der Waals surface area (Å²) in [6.07, 6.45) is 1.01. The highest BCUT2D eigenvalue weighted by Gasteiger charge is 2.27. The van der Waals surface area contributed by atoms with Crippen LogP contribution in [0.1, 0.15) is 73.4 Å². The highest BCUT2D eigenvalue weighted by molar-refractivity contribution is 5.90. The molecule has 1 heterocycles. The Hall–Kier alpha value is -2.31. The molecule has 1 N–H and O–H groups in total. The maximum absolute atomic E-state index is 12.5. The summed E-state index contributed by atoms with van der Waals surface area (Å²) in [5.41, 5.74) is 2.33. The van der Waals surface area contributed by atoms with Gasteiger partial charge < -0.3 is 9.47 Å². The molecule has 0 saturated heterocycles. The second-order valence-electron chi connectivity index (χ2n) is 8.18. The molecule has 0 aliphatic heterocycles. The molecule has 0 aliphatic carbocycles. The number of hydrogen-bond donors (Lipinski definition) is 1. The SMILES string of the molecule is CCC(C)c1ccc(N(NC(=O)OC(C)(C)C)C(=O)OC(C)(C)C)cn1. The van der Waals surface area contributed by atoms with Gasteiger partial charge in [0.05, 0.1) is 11.9 Å². The maximum atomic E-state index is 12.5. The van der Waals surface area contributed by atoms with Gasteiger partial charge in [0.25, 0.3) is 0 Å². The number of hydrazine groups is 1. The average Bonchev–Trinajstić information content (AvgIpc) is 2.48. The second kappa shape index (κ2) is 8.38. The van der Waals surface area contributed by atoms with Gasteiger partial charge >= 0.3 is 12.2 Å². The average molecular weight is 365 g/mol. The molecule has 7 nitrogen and oxygen atoms in total. The number of anilines is 1. The van der Waals surface area contributed by atoms with Crippen LogP contribution in [0.2, 0.25) is 0 Å². The number of aromatic nitrogens is 1. The van der Waals surface area contributed by atoms with Crippen molar-refractivity contribution in [3.63, 3.8) is 0 Å². The molecular formula is C19H31N3O4. The van der Waals surface area contributed by atoms with Crippen LogP contribution in [0.5, 0.6) is 0 Å². The topological polar surface area (TPSA) is 80.8 Å². The molecule has 26 heavy (non-hydrogen) atoms. The van der Waals surface area contributed by atoms with Crippen LogP contribution in [0.4, 0.5) is 15.3 Å². The van der Waals surface area contributed by atoms with Gasteiger partial charge in [-0.25, -0.2) is 15.0 Å². The molecule has 0 saturated carbocycles. The lowest BCUT2D eigenvalue weighted by atomic mass is 10.0. The molecule has 0 bridgehead atoms. The summed E-state index contributed by atoms with van der Waals surface area (Å²) >= 11 is 0. The molecule has 146 valence electrons. The van der Waals surface area contributed by atoms with Gasteiger partial charge in [-0.2, -0.15) is 5.01 Å². The first kappa shape index (κ1) is 21.7. The van der Waals surface area contributed by atoms with Gasteiger partial charge in [0.15, 0.2) is 0 Å². The lowest BCUT2D eigenvalue weighted by Crippen LogP contribution is -2.50. The summed E-state index contributed by atoms with van der Waals surface area (Å²) in [6.45, 7) is 14.6. The van der Waals surface area contributed by atoms with Gasteiger partial charge in [0.1, 0.15) is 11.2 Å². The van der Waals surface area contributed by atoms with Gasteiger partial charge in [-0.3, -0.25) is 4.98 Å². The minimum Gasteiger partial charge on any atom is -0.443 e. The molecule has 1 atom stereocenters. The first-order valence-corrected chi connectivity index (χ1v) is 8.81. The Balaban J connectivity index is 3.07. The Morgan fingerprint density at radius 1 is 1.12 bits per heavy atom. The molecule has 1 aromatic rings. The second-order valence-corrected chi connectivity index (χ2v) is 8.18. The minimum absolute atomic E-state index is 0.304. The van der Waals surface area contributed by atoms with E-state index in [0.717, 1.165) is 17.1 Å². The van der Waals surface area contributed by atoms with Crippen LogP contribution < -0.4 is 10.4 Å². The van der Waals surface area contributed by atoms with Crippen molar-refractivity contribution in [1.29, 1.82) is 0 Å². The van der Waals surface area contributed by atoms with Gasteiger partial charge in [-0.15, -0.1) is 0 Å². The van der Waals surface area contributed by atoms with Crippen molar-refractivity contribution < 1.29 is 19.1 Å². The van der Waals surface area contributed by atoms with E-state index in [2.05, 4.69) is 24.3 Å². The van der Waals surface area contributed by atoms with E-state index in [4.69, 9.17) is 9.47 Å². The zero-order chi connectivity index (χ0) is 20.1. The van der Waals surface area contributed by atoms with Crippen molar-refractivity contribution in [3.8, 4) is 0 Å². The zero-order valence-corrected chi connectivity index (χ0v) is 17.0. The first-order chi connectivity index (χ1) is 11.8. The van der Waals surface area contributed by atoms with Crippen LogP contribution in [0.15, 0.2) is 18.3 Å². The third-order valence-electron chi connectivity index (χ3n) is 3.32. The number of carbonyl (C=O) groups excluding carboxylic acids is 2. The number of carbonyl (C=O) groups is 2. The highest BCUT2D eigenvalue weighted by Crippen LogP contribution is 2.21. The summed E-state index contributed by atoms with van der Waals surface area (Å²) in [5, 5.41) is 1.01. The molecule has 0 aliphatic rings. The predicted octanol–water partition coefficient (Wildman–Crippen LogP) is 4.78. The smallest absolute Gasteiger partial charge is 0.434 e. The van der Waals surface area contributed by atoms with E-state index in [0.29, 0.717) is 11.6 Å². The standard InChI is InChI=1S/C19H31N3O4/c1-9-13(2)15-11-10-14(12-20-15)22(17(24)26-19(6,7)8)21-16(23)25-18(3,4)5/h10-13H,9H2,1-8H3,(H,21,23). The van der Waals surface area contributed by atoms with E-state index < -0.39 is 23.4 Å². The van der Waals surface area contributed by atoms with Crippen molar-refractivity contribution in [3.05, 3.63) is 24.0 Å². The van der Waals surface area contributed by atoms with E-state index in [9.17, 15) is 9.59 Å². The van der Waals surface area contributed by atoms with Gasteiger partial charge in [0.2, 0.25) is 0 Å². The van der Waals surface area contributed by atoms with E-state index in [1.54, 1.807) is 47.6 Å². The maximum Gasteiger partial charge on any atom is 0.434 e. The van der Waals surface area contributed by atoms with E-state index in [1.807, 2.05) is 6.07 Å². The molecule has 0 radical (unpaired) electrons. The number of nitrogens with one attached hydrogen (secondary N) is 1. The predicted molar refractivity (Wildman–Crippen MR) is 101 cm³/mol. The summed E-state index contributed by atoms with van der Waals surface area (Å²) in [7, 11) is 0. The highest BCUT2D eigenvalue weighted by atomic mass is 16.6. The van der Waals surface area contributed by atoms with Crippen LogP contribution in [0.3, 0.4) is 0 Å². The molecule has 0 fully saturated rings. The third-order valence-corrected chi connectivity index (χ3v) is 3.32. The molecule has 2 amide bonds. The number of ether oxygens (including phenoxy) is 2. The lowest BCUT2D eigenvalue weighted by Gasteiger charge is -2.28. The van der Waals surface area contributed by atoms with Gasteiger partial charge in [-0.05, 0) is 66.0 Å². The van der Waals surface area contributed by atoms with Crippen molar-refractivity contribution in [1.82, 2.24) is 10.4 Å². The summed E-state index contributed by atoms with van der Waals surface area (Å²) in [6, 6.07) is 3.55. The van der Waals surface area contributed by atoms with Crippen molar-refractivity contribution in [2.75, 3.05) is 5.01 Å². The molecule has 0 aromatic carbocycles. The third kappa shape index (κ3) is 7.29. The quantitative estimate of drug-likeness (QED) is 0.780. The van der Waals surface area contributed by atoms with E-state index in [-0.39, 0.29) is 0 Å². The summed E-state index contributed by atoms with van der Waals surface area (Å²) in [4.78, 5) is 29.1. The Morgan fingerprint density at radius 3 is 2.12 bits per heavy atom. The Morgan fingerprint density at radius 2 is 1.69 bits per heavy atom. The fourth-order valence-corrected chi connectivity index (χ4v) is 1.95. The van der Waals surface area contributed by atoms with Crippen LogP contribution in [0.25, 0.3) is 0 Å². The molecule has 1 unspecified atom stereocenters. The van der Waals surface area contributed by atoms with Gasteiger partial charge in [-0.1, -0.05) is 13.8 Å².